The largest absolute Gasteiger partial charge is 0.467 e. The predicted octanol–water partition coefficient (Wildman–Crippen LogP) is 0.938. The maximum absolute atomic E-state index is 12.4. The number of amides is 1. The third-order valence-electron chi connectivity index (χ3n) is 2.25. The van der Waals surface area contributed by atoms with Gasteiger partial charge >= 0.3 is 12.1 Å². The molecule has 0 fully saturated rings. The molecule has 1 unspecified atom stereocenters. The molecule has 0 aromatic heterocycles. The smallest absolute Gasteiger partial charge is 0.401 e. The number of carbonyl (C=O) groups excluding carboxylic acids is 2. The SMILES string of the molecule is CCCN(CC(NC(C)=O)C(=O)OC)CC(F)(F)F. The standard InChI is InChI=1S/C11H19F3N2O3/c1-4-5-16(7-11(12,13)14)6-9(10(18)19-3)15-8(2)17/h9H,4-7H2,1-3H3,(H,15,17). The number of rotatable bonds is 7. The van der Waals surface area contributed by atoms with Crippen molar-refractivity contribution in [1.82, 2.24) is 10.2 Å². The summed E-state index contributed by atoms with van der Waals surface area (Å²) in [6, 6.07) is -1.10. The maximum atomic E-state index is 12.4. The van der Waals surface area contributed by atoms with Gasteiger partial charge in [-0.25, -0.2) is 4.79 Å². The topological polar surface area (TPSA) is 58.6 Å². The second-order valence-corrected chi connectivity index (χ2v) is 4.13. The van der Waals surface area contributed by atoms with Gasteiger partial charge in [-0.05, 0) is 13.0 Å². The average Bonchev–Trinajstić information content (AvgIpc) is 2.24. The lowest BCUT2D eigenvalue weighted by Gasteiger charge is -2.26. The second kappa shape index (κ2) is 7.98. The number of alkyl halides is 3. The molecule has 0 spiro atoms. The summed E-state index contributed by atoms with van der Waals surface area (Å²) >= 11 is 0. The number of hydrogen-bond donors (Lipinski definition) is 1. The monoisotopic (exact) mass is 284 g/mol. The molecule has 19 heavy (non-hydrogen) atoms. The Balaban J connectivity index is 4.72. The molecule has 1 N–H and O–H groups in total. The Kier molecular flexibility index (Phi) is 7.43. The minimum Gasteiger partial charge on any atom is -0.467 e. The number of nitrogens with one attached hydrogen (secondary N) is 1. The zero-order chi connectivity index (χ0) is 15.1. The molecule has 0 heterocycles. The van der Waals surface area contributed by atoms with E-state index < -0.39 is 30.6 Å². The van der Waals surface area contributed by atoms with E-state index in [0.717, 1.165) is 12.0 Å². The van der Waals surface area contributed by atoms with Crippen LogP contribution in [0, 0.1) is 0 Å². The minimum atomic E-state index is -4.36. The number of carbonyl (C=O) groups is 2. The zero-order valence-electron chi connectivity index (χ0n) is 11.2. The number of esters is 1. The molecule has 0 aromatic carbocycles. The van der Waals surface area contributed by atoms with Gasteiger partial charge < -0.3 is 10.1 Å². The molecule has 5 nitrogen and oxygen atoms in total. The molecule has 112 valence electrons. The fourth-order valence-corrected chi connectivity index (χ4v) is 1.63. The lowest BCUT2D eigenvalue weighted by Crippen LogP contribution is -2.50. The molecule has 8 heteroatoms. The maximum Gasteiger partial charge on any atom is 0.401 e. The number of methoxy groups -OCH3 is 1. The van der Waals surface area contributed by atoms with Crippen molar-refractivity contribution in [3.8, 4) is 0 Å². The van der Waals surface area contributed by atoms with Gasteiger partial charge in [0.15, 0.2) is 0 Å². The van der Waals surface area contributed by atoms with Crippen LogP contribution >= 0.6 is 0 Å². The van der Waals surface area contributed by atoms with E-state index in [1.54, 1.807) is 6.92 Å². The first kappa shape index (κ1) is 17.7. The molecule has 0 rings (SSSR count). The van der Waals surface area contributed by atoms with Crippen molar-refractivity contribution < 1.29 is 27.5 Å². The Morgan fingerprint density at radius 3 is 2.32 bits per heavy atom. The fourth-order valence-electron chi connectivity index (χ4n) is 1.63. The van der Waals surface area contributed by atoms with Crippen LogP contribution in [0.2, 0.25) is 0 Å². The van der Waals surface area contributed by atoms with Crippen molar-refractivity contribution in [1.29, 1.82) is 0 Å². The van der Waals surface area contributed by atoms with Gasteiger partial charge in [0.25, 0.3) is 0 Å². The molecule has 0 saturated carbocycles. The van der Waals surface area contributed by atoms with Crippen LogP contribution in [-0.4, -0.2) is 55.7 Å². The van der Waals surface area contributed by atoms with E-state index in [-0.39, 0.29) is 13.1 Å². The van der Waals surface area contributed by atoms with Crippen LogP contribution in [0.4, 0.5) is 13.2 Å². The van der Waals surface area contributed by atoms with Gasteiger partial charge in [0.2, 0.25) is 5.91 Å². The summed E-state index contributed by atoms with van der Waals surface area (Å²) in [5.74, 6) is -1.27. The first-order valence-corrected chi connectivity index (χ1v) is 5.83. The van der Waals surface area contributed by atoms with E-state index in [1.807, 2.05) is 0 Å². The molecule has 0 aliphatic heterocycles. The van der Waals surface area contributed by atoms with Gasteiger partial charge in [-0.2, -0.15) is 13.2 Å². The van der Waals surface area contributed by atoms with Crippen LogP contribution in [0.3, 0.4) is 0 Å². The van der Waals surface area contributed by atoms with Crippen LogP contribution in [0.1, 0.15) is 20.3 Å². The summed E-state index contributed by atoms with van der Waals surface area (Å²) in [7, 11) is 1.12. The van der Waals surface area contributed by atoms with Crippen molar-refractivity contribution in [3.63, 3.8) is 0 Å². The Bertz CT molecular complexity index is 308. The van der Waals surface area contributed by atoms with E-state index in [4.69, 9.17) is 0 Å². The van der Waals surface area contributed by atoms with Crippen LogP contribution < -0.4 is 5.32 Å². The van der Waals surface area contributed by atoms with Crippen molar-refractivity contribution in [2.75, 3.05) is 26.7 Å². The van der Waals surface area contributed by atoms with Gasteiger partial charge in [-0.15, -0.1) is 0 Å². The highest BCUT2D eigenvalue weighted by atomic mass is 19.4. The summed E-state index contributed by atoms with van der Waals surface area (Å²) in [5.41, 5.74) is 0. The van der Waals surface area contributed by atoms with Gasteiger partial charge in [0.1, 0.15) is 6.04 Å². The van der Waals surface area contributed by atoms with Crippen molar-refractivity contribution in [2.45, 2.75) is 32.5 Å². The summed E-state index contributed by atoms with van der Waals surface area (Å²) < 4.78 is 41.6. The van der Waals surface area contributed by atoms with Gasteiger partial charge in [0, 0.05) is 13.5 Å². The number of hydrogen-bond acceptors (Lipinski definition) is 4. The second-order valence-electron chi connectivity index (χ2n) is 4.13. The molecule has 1 atom stereocenters. The molecule has 1 amide bonds. The highest BCUT2D eigenvalue weighted by molar-refractivity contribution is 5.83. The number of ether oxygens (including phenoxy) is 1. The average molecular weight is 284 g/mol. The van der Waals surface area contributed by atoms with Crippen LogP contribution in [0.5, 0.6) is 0 Å². The molecule has 0 aromatic rings. The van der Waals surface area contributed by atoms with E-state index in [9.17, 15) is 22.8 Å². The van der Waals surface area contributed by atoms with E-state index in [0.29, 0.717) is 6.42 Å². The molecule has 0 radical (unpaired) electrons. The molecule has 0 saturated heterocycles. The first-order valence-electron chi connectivity index (χ1n) is 5.83. The Morgan fingerprint density at radius 2 is 1.95 bits per heavy atom. The number of nitrogens with zero attached hydrogens (tertiary/aromatic N) is 1. The molecule has 0 aliphatic carbocycles. The minimum absolute atomic E-state index is 0.173. The van der Waals surface area contributed by atoms with Crippen LogP contribution in [0.25, 0.3) is 0 Å². The van der Waals surface area contributed by atoms with E-state index >= 15 is 0 Å². The van der Waals surface area contributed by atoms with E-state index in [1.165, 1.54) is 6.92 Å². The molecule has 0 aliphatic rings. The van der Waals surface area contributed by atoms with Crippen LogP contribution in [-0.2, 0) is 14.3 Å². The molecule has 0 bridgehead atoms. The predicted molar refractivity (Wildman–Crippen MR) is 62.4 cm³/mol. The summed E-state index contributed by atoms with van der Waals surface area (Å²) in [6.45, 7) is 1.72. The highest BCUT2D eigenvalue weighted by Gasteiger charge is 2.33. The summed E-state index contributed by atoms with van der Waals surface area (Å²) in [6.07, 6.45) is -3.85. The van der Waals surface area contributed by atoms with Gasteiger partial charge in [-0.1, -0.05) is 6.92 Å². The normalized spacial score (nSPS) is 13.2. The van der Waals surface area contributed by atoms with Gasteiger partial charge in [0.05, 0.1) is 13.7 Å². The Hall–Kier alpha value is -1.31. The summed E-state index contributed by atoms with van der Waals surface area (Å²) in [5, 5.41) is 2.28. The third-order valence-corrected chi connectivity index (χ3v) is 2.25. The lowest BCUT2D eigenvalue weighted by atomic mass is 10.2. The summed E-state index contributed by atoms with van der Waals surface area (Å²) in [4.78, 5) is 23.4. The fraction of sp³-hybridized carbons (Fsp3) is 0.818. The molecular formula is C11H19F3N2O3. The van der Waals surface area contributed by atoms with Gasteiger partial charge in [-0.3, -0.25) is 9.69 Å². The van der Waals surface area contributed by atoms with Crippen molar-refractivity contribution in [2.24, 2.45) is 0 Å². The highest BCUT2D eigenvalue weighted by Crippen LogP contribution is 2.16. The third kappa shape index (κ3) is 8.41. The molecular weight excluding hydrogens is 265 g/mol. The van der Waals surface area contributed by atoms with E-state index in [2.05, 4.69) is 10.1 Å². The zero-order valence-corrected chi connectivity index (χ0v) is 11.2. The Labute approximate surface area is 110 Å². The number of halogens is 3. The van der Waals surface area contributed by atoms with Crippen molar-refractivity contribution >= 4 is 11.9 Å². The quantitative estimate of drug-likeness (QED) is 0.707. The Morgan fingerprint density at radius 1 is 1.37 bits per heavy atom. The van der Waals surface area contributed by atoms with Crippen LogP contribution in [0.15, 0.2) is 0 Å². The first-order chi connectivity index (χ1) is 8.69. The lowest BCUT2D eigenvalue weighted by molar-refractivity contribution is -0.153. The van der Waals surface area contributed by atoms with Crippen molar-refractivity contribution in [3.05, 3.63) is 0 Å².